The molecular formula is C12H12N2O2. The molecule has 0 spiro atoms. The van der Waals surface area contributed by atoms with Crippen molar-refractivity contribution in [2.45, 2.75) is 6.92 Å². The highest BCUT2D eigenvalue weighted by Gasteiger charge is 2.25. The highest BCUT2D eigenvalue weighted by Crippen LogP contribution is 2.32. The number of benzene rings is 1. The van der Waals surface area contributed by atoms with Gasteiger partial charge in [-0.3, -0.25) is 4.79 Å². The van der Waals surface area contributed by atoms with Gasteiger partial charge < -0.3 is 9.64 Å². The molecule has 1 aliphatic rings. The highest BCUT2D eigenvalue weighted by molar-refractivity contribution is 5.96. The van der Waals surface area contributed by atoms with Crippen molar-refractivity contribution in [2.75, 3.05) is 18.6 Å². The molecule has 1 unspecified atom stereocenters. The lowest BCUT2D eigenvalue weighted by atomic mass is 10.1. The van der Waals surface area contributed by atoms with Crippen molar-refractivity contribution in [3.63, 3.8) is 0 Å². The molecule has 16 heavy (non-hydrogen) atoms. The van der Waals surface area contributed by atoms with Crippen LogP contribution in [-0.4, -0.2) is 19.6 Å². The lowest BCUT2D eigenvalue weighted by Gasteiger charge is -2.17. The molecule has 2 rings (SSSR count). The Bertz CT molecular complexity index is 476. The van der Waals surface area contributed by atoms with Crippen molar-refractivity contribution in [1.29, 1.82) is 5.26 Å². The molecule has 4 heteroatoms. The molecular weight excluding hydrogens is 204 g/mol. The normalized spacial score (nSPS) is 19.4. The van der Waals surface area contributed by atoms with Crippen molar-refractivity contribution >= 4 is 11.6 Å². The smallest absolute Gasteiger partial charge is 0.233 e. The highest BCUT2D eigenvalue weighted by atomic mass is 16.5. The van der Waals surface area contributed by atoms with Crippen LogP contribution in [0.25, 0.3) is 0 Å². The van der Waals surface area contributed by atoms with Gasteiger partial charge in [0.15, 0.2) is 0 Å². The topological polar surface area (TPSA) is 53.3 Å². The average molecular weight is 216 g/mol. The zero-order valence-corrected chi connectivity index (χ0v) is 9.23. The van der Waals surface area contributed by atoms with Crippen LogP contribution in [0.3, 0.4) is 0 Å². The molecule has 4 nitrogen and oxygen atoms in total. The number of anilines is 1. The van der Waals surface area contributed by atoms with Crippen molar-refractivity contribution < 1.29 is 9.53 Å². The molecule has 0 saturated heterocycles. The maximum Gasteiger partial charge on any atom is 0.233 e. The van der Waals surface area contributed by atoms with Crippen LogP contribution in [0.5, 0.6) is 5.75 Å². The fourth-order valence-corrected chi connectivity index (χ4v) is 1.71. The molecule has 1 aliphatic heterocycles. The summed E-state index contributed by atoms with van der Waals surface area (Å²) < 4.78 is 5.53. The van der Waals surface area contributed by atoms with Crippen LogP contribution in [0.2, 0.25) is 0 Å². The molecule has 0 aromatic heterocycles. The van der Waals surface area contributed by atoms with E-state index in [2.05, 4.69) is 6.07 Å². The Morgan fingerprint density at radius 3 is 3.00 bits per heavy atom. The van der Waals surface area contributed by atoms with E-state index in [0.29, 0.717) is 23.6 Å². The predicted molar refractivity (Wildman–Crippen MR) is 59.2 cm³/mol. The second kappa shape index (κ2) is 3.86. The summed E-state index contributed by atoms with van der Waals surface area (Å²) in [5.41, 5.74) is 1.25. The molecule has 1 aromatic carbocycles. The first kappa shape index (κ1) is 10.5. The minimum absolute atomic E-state index is 0.0310. The van der Waals surface area contributed by atoms with Crippen LogP contribution >= 0.6 is 0 Å². The minimum Gasteiger partial charge on any atom is -0.491 e. The number of nitriles is 1. The summed E-state index contributed by atoms with van der Waals surface area (Å²) in [5.74, 6) is 0.464. The molecule has 0 fully saturated rings. The minimum atomic E-state index is -0.164. The fourth-order valence-electron chi connectivity index (χ4n) is 1.71. The Kier molecular flexibility index (Phi) is 2.53. The third kappa shape index (κ3) is 1.61. The molecule has 1 atom stereocenters. The fraction of sp³-hybridized carbons (Fsp3) is 0.333. The van der Waals surface area contributed by atoms with Gasteiger partial charge in [0.25, 0.3) is 0 Å². The summed E-state index contributed by atoms with van der Waals surface area (Å²) >= 11 is 0. The average Bonchev–Trinajstić information content (AvgIpc) is 2.42. The second-order valence-electron chi connectivity index (χ2n) is 3.90. The maximum atomic E-state index is 11.8. The second-order valence-corrected chi connectivity index (χ2v) is 3.90. The first-order valence-corrected chi connectivity index (χ1v) is 5.08. The van der Waals surface area contributed by atoms with Crippen molar-refractivity contribution in [2.24, 2.45) is 5.92 Å². The number of ether oxygens (including phenoxy) is 1. The van der Waals surface area contributed by atoms with Gasteiger partial charge >= 0.3 is 0 Å². The van der Waals surface area contributed by atoms with E-state index in [9.17, 15) is 4.79 Å². The number of carbonyl (C=O) groups is 1. The first-order valence-electron chi connectivity index (χ1n) is 5.08. The number of nitrogens with zero attached hydrogens (tertiary/aromatic N) is 2. The van der Waals surface area contributed by atoms with Crippen LogP contribution in [0, 0.1) is 17.2 Å². The lowest BCUT2D eigenvalue weighted by molar-refractivity contribution is -0.122. The van der Waals surface area contributed by atoms with Gasteiger partial charge in [-0.15, -0.1) is 0 Å². The van der Waals surface area contributed by atoms with Gasteiger partial charge in [0, 0.05) is 13.1 Å². The van der Waals surface area contributed by atoms with Gasteiger partial charge in [0.1, 0.15) is 5.75 Å². The molecule has 0 bridgehead atoms. The number of rotatable bonds is 0. The number of amides is 1. The Morgan fingerprint density at radius 1 is 1.56 bits per heavy atom. The van der Waals surface area contributed by atoms with Gasteiger partial charge in [0.2, 0.25) is 5.91 Å². The van der Waals surface area contributed by atoms with Gasteiger partial charge in [0.05, 0.1) is 29.8 Å². The summed E-state index contributed by atoms with van der Waals surface area (Å²) in [4.78, 5) is 13.4. The monoisotopic (exact) mass is 216 g/mol. The standard InChI is InChI=1S/C12H12N2O2/c1-8-7-16-11-5-9(6-13)3-4-10(11)14(2)12(8)15/h3-5,8H,7H2,1-2H3. The third-order valence-electron chi connectivity index (χ3n) is 2.69. The van der Waals surface area contributed by atoms with E-state index in [0.717, 1.165) is 0 Å². The first-order chi connectivity index (χ1) is 7.63. The number of hydrogen-bond donors (Lipinski definition) is 0. The molecule has 1 heterocycles. The van der Waals surface area contributed by atoms with E-state index >= 15 is 0 Å². The zero-order valence-electron chi connectivity index (χ0n) is 9.23. The molecule has 0 N–H and O–H groups in total. The SMILES string of the molecule is CC1COc2cc(C#N)ccc2N(C)C1=O. The summed E-state index contributed by atoms with van der Waals surface area (Å²) in [6.07, 6.45) is 0. The van der Waals surface area contributed by atoms with E-state index in [1.807, 2.05) is 6.92 Å². The van der Waals surface area contributed by atoms with E-state index in [4.69, 9.17) is 10.00 Å². The molecule has 0 aliphatic carbocycles. The predicted octanol–water partition coefficient (Wildman–Crippen LogP) is 1.55. The quantitative estimate of drug-likeness (QED) is 0.661. The number of carbonyl (C=O) groups excluding carboxylic acids is 1. The van der Waals surface area contributed by atoms with Crippen LogP contribution in [0.15, 0.2) is 18.2 Å². The summed E-state index contributed by atoms with van der Waals surface area (Å²) in [6.45, 7) is 2.18. The summed E-state index contributed by atoms with van der Waals surface area (Å²) in [6, 6.07) is 7.14. The number of fused-ring (bicyclic) bond motifs is 1. The zero-order chi connectivity index (χ0) is 11.7. The van der Waals surface area contributed by atoms with E-state index in [-0.39, 0.29) is 11.8 Å². The molecule has 1 aromatic rings. The lowest BCUT2D eigenvalue weighted by Crippen LogP contribution is -2.31. The van der Waals surface area contributed by atoms with Crippen LogP contribution in [-0.2, 0) is 4.79 Å². The van der Waals surface area contributed by atoms with Crippen molar-refractivity contribution in [3.05, 3.63) is 23.8 Å². The summed E-state index contributed by atoms with van der Waals surface area (Å²) in [7, 11) is 1.72. The largest absolute Gasteiger partial charge is 0.491 e. The maximum absolute atomic E-state index is 11.8. The Labute approximate surface area is 94.0 Å². The van der Waals surface area contributed by atoms with E-state index < -0.39 is 0 Å². The molecule has 1 amide bonds. The van der Waals surface area contributed by atoms with Gasteiger partial charge in [-0.1, -0.05) is 6.92 Å². The molecule has 82 valence electrons. The molecule has 0 radical (unpaired) electrons. The van der Waals surface area contributed by atoms with E-state index in [1.54, 1.807) is 30.1 Å². The third-order valence-corrected chi connectivity index (χ3v) is 2.69. The van der Waals surface area contributed by atoms with Crippen LogP contribution < -0.4 is 9.64 Å². The van der Waals surface area contributed by atoms with Gasteiger partial charge in [-0.2, -0.15) is 5.26 Å². The van der Waals surface area contributed by atoms with Crippen molar-refractivity contribution in [1.82, 2.24) is 0 Å². The molecule has 0 saturated carbocycles. The Morgan fingerprint density at radius 2 is 2.31 bits per heavy atom. The van der Waals surface area contributed by atoms with E-state index in [1.165, 1.54) is 0 Å². The summed E-state index contributed by atoms with van der Waals surface area (Å²) in [5, 5.41) is 8.79. The van der Waals surface area contributed by atoms with Gasteiger partial charge in [-0.05, 0) is 12.1 Å². The Balaban J connectivity index is 2.48. The Hall–Kier alpha value is -2.02. The number of hydrogen-bond acceptors (Lipinski definition) is 3. The van der Waals surface area contributed by atoms with Crippen LogP contribution in [0.4, 0.5) is 5.69 Å². The van der Waals surface area contributed by atoms with Crippen molar-refractivity contribution in [3.8, 4) is 11.8 Å². The van der Waals surface area contributed by atoms with Gasteiger partial charge in [-0.25, -0.2) is 0 Å². The van der Waals surface area contributed by atoms with Crippen LogP contribution in [0.1, 0.15) is 12.5 Å².